The summed E-state index contributed by atoms with van der Waals surface area (Å²) in [4.78, 5) is 17.3. The Morgan fingerprint density at radius 2 is 1.44 bits per heavy atom. The lowest BCUT2D eigenvalue weighted by atomic mass is 9.91. The molecular formula is C40H45N9O3. The average molecular weight is 700 g/mol. The number of imidazole rings is 1. The molecule has 4 heterocycles. The highest BCUT2D eigenvalue weighted by molar-refractivity contribution is 5.84. The number of aromatic nitrogens is 6. The fourth-order valence-electron chi connectivity index (χ4n) is 7.77. The van der Waals surface area contributed by atoms with E-state index in [1.54, 1.807) is 23.4 Å². The van der Waals surface area contributed by atoms with E-state index in [1.165, 1.54) is 16.7 Å². The van der Waals surface area contributed by atoms with Crippen LogP contribution in [-0.2, 0) is 13.2 Å². The number of likely N-dealkylation sites (tertiary alicyclic amines) is 1. The third-order valence-electron chi connectivity index (χ3n) is 10.6. The molecule has 6 aromatic rings. The number of hydrogen-bond donors (Lipinski definition) is 5. The smallest absolute Gasteiger partial charge is 0.227 e. The summed E-state index contributed by atoms with van der Waals surface area (Å²) in [7, 11) is 0. The molecule has 0 radical (unpaired) electrons. The molecule has 0 unspecified atom stereocenters. The lowest BCUT2D eigenvalue weighted by molar-refractivity contribution is 0.00720. The maximum atomic E-state index is 11.4. The van der Waals surface area contributed by atoms with Crippen LogP contribution < -0.4 is 10.6 Å². The van der Waals surface area contributed by atoms with E-state index in [9.17, 15) is 15.3 Å². The van der Waals surface area contributed by atoms with Crippen molar-refractivity contribution in [3.05, 3.63) is 132 Å². The second-order valence-electron chi connectivity index (χ2n) is 14.0. The van der Waals surface area contributed by atoms with Crippen molar-refractivity contribution in [3.63, 3.8) is 0 Å². The summed E-state index contributed by atoms with van der Waals surface area (Å²) in [6, 6.07) is 30.7. The van der Waals surface area contributed by atoms with Crippen molar-refractivity contribution in [1.82, 2.24) is 34.2 Å². The van der Waals surface area contributed by atoms with Crippen LogP contribution in [0.25, 0.3) is 11.2 Å². The van der Waals surface area contributed by atoms with Crippen LogP contribution in [0.15, 0.2) is 110 Å². The predicted molar refractivity (Wildman–Crippen MR) is 200 cm³/mol. The zero-order valence-corrected chi connectivity index (χ0v) is 29.0. The molecule has 3 aromatic heterocycles. The van der Waals surface area contributed by atoms with Gasteiger partial charge in [-0.15, -0.1) is 0 Å². The molecule has 1 aliphatic carbocycles. The molecule has 1 aliphatic heterocycles. The number of hydrogen-bond acceptors (Lipinski definition) is 10. The molecule has 2 fully saturated rings. The van der Waals surface area contributed by atoms with Gasteiger partial charge >= 0.3 is 0 Å². The van der Waals surface area contributed by atoms with E-state index in [0.29, 0.717) is 41.5 Å². The zero-order chi connectivity index (χ0) is 35.4. The van der Waals surface area contributed by atoms with E-state index in [1.807, 2.05) is 16.7 Å². The number of aliphatic hydroxyl groups excluding tert-OH is 3. The van der Waals surface area contributed by atoms with Crippen molar-refractivity contribution in [3.8, 4) is 0 Å². The number of benzene rings is 3. The van der Waals surface area contributed by atoms with Gasteiger partial charge in [-0.3, -0.25) is 9.58 Å². The Morgan fingerprint density at radius 1 is 0.788 bits per heavy atom. The van der Waals surface area contributed by atoms with Crippen LogP contribution in [0.3, 0.4) is 0 Å². The lowest BCUT2D eigenvalue weighted by Gasteiger charge is -2.32. The number of aliphatic hydroxyl groups is 3. The van der Waals surface area contributed by atoms with Gasteiger partial charge in [-0.1, -0.05) is 91.0 Å². The van der Waals surface area contributed by atoms with E-state index < -0.39 is 24.3 Å². The van der Waals surface area contributed by atoms with Crippen LogP contribution in [0.2, 0.25) is 0 Å². The number of fused-ring (bicyclic) bond motifs is 1. The van der Waals surface area contributed by atoms with Crippen LogP contribution in [0, 0.1) is 0 Å². The first-order chi connectivity index (χ1) is 25.5. The van der Waals surface area contributed by atoms with Crippen LogP contribution in [-0.4, -0.2) is 87.4 Å². The number of rotatable bonds is 12. The molecule has 1 saturated carbocycles. The Hall–Kier alpha value is -5.14. The lowest BCUT2D eigenvalue weighted by Crippen LogP contribution is -2.39. The predicted octanol–water partition coefficient (Wildman–Crippen LogP) is 4.74. The Bertz CT molecular complexity index is 2010. The molecule has 52 heavy (non-hydrogen) atoms. The van der Waals surface area contributed by atoms with Gasteiger partial charge in [0, 0.05) is 49.9 Å². The highest BCUT2D eigenvalue weighted by Gasteiger charge is 2.44. The van der Waals surface area contributed by atoms with Crippen molar-refractivity contribution in [2.24, 2.45) is 0 Å². The van der Waals surface area contributed by atoms with Gasteiger partial charge in [0.15, 0.2) is 17.0 Å². The Balaban J connectivity index is 1.08. The van der Waals surface area contributed by atoms with Gasteiger partial charge < -0.3 is 30.5 Å². The summed E-state index contributed by atoms with van der Waals surface area (Å²) in [5.74, 6) is 1.16. The minimum absolute atomic E-state index is 0.0605. The van der Waals surface area contributed by atoms with Gasteiger partial charge in [0.25, 0.3) is 0 Å². The second kappa shape index (κ2) is 15.2. The molecule has 4 atom stereocenters. The Morgan fingerprint density at radius 3 is 2.10 bits per heavy atom. The topological polar surface area (TPSA) is 149 Å². The van der Waals surface area contributed by atoms with E-state index in [4.69, 9.17) is 15.0 Å². The molecule has 12 heteroatoms. The molecule has 3 aromatic carbocycles. The fourth-order valence-corrected chi connectivity index (χ4v) is 7.77. The fraction of sp³-hybridized carbons (Fsp3) is 0.350. The summed E-state index contributed by atoms with van der Waals surface area (Å²) < 4.78 is 3.50. The minimum atomic E-state index is -1.08. The number of nitrogens with one attached hydrogen (secondary N) is 2. The molecule has 1 saturated heterocycles. The van der Waals surface area contributed by atoms with Crippen LogP contribution in [0.1, 0.15) is 59.5 Å². The highest BCUT2D eigenvalue weighted by atomic mass is 16.3. The summed E-state index contributed by atoms with van der Waals surface area (Å²) in [5.41, 5.74) is 5.51. The third-order valence-corrected chi connectivity index (χ3v) is 10.6. The van der Waals surface area contributed by atoms with E-state index in [-0.39, 0.29) is 18.6 Å². The van der Waals surface area contributed by atoms with Crippen LogP contribution in [0.5, 0.6) is 0 Å². The normalized spacial score (nSPS) is 21.2. The molecule has 0 bridgehead atoms. The number of piperidine rings is 1. The van der Waals surface area contributed by atoms with Crippen molar-refractivity contribution in [2.45, 2.75) is 68.7 Å². The van der Waals surface area contributed by atoms with Crippen molar-refractivity contribution in [1.29, 1.82) is 0 Å². The Labute approximate surface area is 302 Å². The SMILES string of the molecule is OCc1cnn([C@H]2C[C@@H](n3cnc4c(NCC(c5ccccc5)c5ccccc5)nc(NC5CCN(Cc6ccccc6)CC5)nc43)[C@H](O)[C@@H]2O)c1. The third kappa shape index (κ3) is 7.15. The summed E-state index contributed by atoms with van der Waals surface area (Å²) >= 11 is 0. The van der Waals surface area contributed by atoms with E-state index in [0.717, 1.165) is 32.5 Å². The molecule has 5 N–H and O–H groups in total. The van der Waals surface area contributed by atoms with Crippen molar-refractivity contribution < 1.29 is 15.3 Å². The first-order valence-electron chi connectivity index (χ1n) is 18.1. The first-order valence-corrected chi connectivity index (χ1v) is 18.1. The number of nitrogens with zero attached hydrogens (tertiary/aromatic N) is 7. The average Bonchev–Trinajstić information content (AvgIpc) is 3.91. The molecule has 0 amide bonds. The largest absolute Gasteiger partial charge is 0.392 e. The van der Waals surface area contributed by atoms with Crippen LogP contribution in [0.4, 0.5) is 11.8 Å². The first kappa shape index (κ1) is 34.0. The van der Waals surface area contributed by atoms with Gasteiger partial charge in [-0.25, -0.2) is 4.98 Å². The number of anilines is 2. The molecule has 8 rings (SSSR count). The van der Waals surface area contributed by atoms with Gasteiger partial charge in [-0.05, 0) is 36.0 Å². The quantitative estimate of drug-likeness (QED) is 0.121. The van der Waals surface area contributed by atoms with E-state index >= 15 is 0 Å². The highest BCUT2D eigenvalue weighted by Crippen LogP contribution is 2.40. The molecule has 12 nitrogen and oxygen atoms in total. The van der Waals surface area contributed by atoms with Gasteiger partial charge in [0.05, 0.1) is 31.2 Å². The molecule has 0 spiro atoms. The maximum Gasteiger partial charge on any atom is 0.227 e. The molecule has 268 valence electrons. The zero-order valence-electron chi connectivity index (χ0n) is 29.0. The van der Waals surface area contributed by atoms with Gasteiger partial charge in [0.1, 0.15) is 12.2 Å². The standard InChI is InChI=1S/C40H45N9O3/c50-25-28-21-43-49(24-28)34-20-33(36(51)37(34)52)48-26-42-35-38(41-22-32(29-12-6-2-7-13-29)30-14-8-3-9-15-30)45-40(46-39(35)48)44-31-16-18-47(19-17-31)23-27-10-4-1-5-11-27/h1-15,21,24,26,31-34,36-37,50-52H,16-20,22-23,25H2,(H2,41,44,45,46)/t33-,34+,36+,37-/m1/s1. The summed E-state index contributed by atoms with van der Waals surface area (Å²) in [6.07, 6.45) is 5.14. The van der Waals surface area contributed by atoms with Crippen molar-refractivity contribution >= 4 is 22.9 Å². The van der Waals surface area contributed by atoms with Crippen molar-refractivity contribution in [2.75, 3.05) is 30.3 Å². The Kier molecular flexibility index (Phi) is 9.95. The molecule has 2 aliphatic rings. The monoisotopic (exact) mass is 699 g/mol. The van der Waals surface area contributed by atoms with E-state index in [2.05, 4.69) is 99.5 Å². The summed E-state index contributed by atoms with van der Waals surface area (Å²) in [5, 5.41) is 43.8. The van der Waals surface area contributed by atoms with Crippen LogP contribution >= 0.6 is 0 Å². The molecular weight excluding hydrogens is 655 g/mol. The minimum Gasteiger partial charge on any atom is -0.392 e. The summed E-state index contributed by atoms with van der Waals surface area (Å²) in [6.45, 7) is 3.29. The second-order valence-corrected chi connectivity index (χ2v) is 14.0. The van der Waals surface area contributed by atoms with Gasteiger partial charge in [0.2, 0.25) is 5.95 Å². The van der Waals surface area contributed by atoms with Gasteiger partial charge in [-0.2, -0.15) is 15.1 Å². The maximum absolute atomic E-state index is 11.4.